The largest absolute Gasteiger partial charge is 0.478 e. The fourth-order valence-corrected chi connectivity index (χ4v) is 2.06. The molecule has 1 N–H and O–H groups in total. The van der Waals surface area contributed by atoms with E-state index in [1.807, 2.05) is 19.1 Å². The molecule has 0 unspecified atom stereocenters. The van der Waals surface area contributed by atoms with Gasteiger partial charge in [-0.05, 0) is 23.3 Å². The minimum absolute atomic E-state index is 0.00426. The standard InChI is InChI=1S/C16H16O4/c1-2-3-10-20-16(19)13-9-8-11-6-4-5-7-12(11)14(13)15(17)18/h4-9H,2-3,10H2,1H3,(H,17,18). The van der Waals surface area contributed by atoms with Gasteiger partial charge in [-0.15, -0.1) is 0 Å². The van der Waals surface area contributed by atoms with Gasteiger partial charge in [-0.1, -0.05) is 43.7 Å². The number of rotatable bonds is 5. The second kappa shape index (κ2) is 6.19. The van der Waals surface area contributed by atoms with Crippen LogP contribution in [0, 0.1) is 0 Å². The van der Waals surface area contributed by atoms with Crippen LogP contribution >= 0.6 is 0 Å². The maximum absolute atomic E-state index is 12.0. The number of aromatic carboxylic acids is 1. The molecule has 0 atom stereocenters. The van der Waals surface area contributed by atoms with Crippen LogP contribution in [0.5, 0.6) is 0 Å². The van der Waals surface area contributed by atoms with Crippen molar-refractivity contribution in [3.8, 4) is 0 Å². The number of hydrogen-bond acceptors (Lipinski definition) is 3. The Morgan fingerprint density at radius 3 is 2.60 bits per heavy atom. The number of benzene rings is 2. The van der Waals surface area contributed by atoms with Crippen molar-refractivity contribution in [1.29, 1.82) is 0 Å². The monoisotopic (exact) mass is 272 g/mol. The Bertz CT molecular complexity index is 646. The molecule has 0 aliphatic carbocycles. The van der Waals surface area contributed by atoms with Crippen molar-refractivity contribution in [1.82, 2.24) is 0 Å². The number of carbonyl (C=O) groups is 2. The summed E-state index contributed by atoms with van der Waals surface area (Å²) in [4.78, 5) is 23.5. The Morgan fingerprint density at radius 2 is 1.90 bits per heavy atom. The van der Waals surface area contributed by atoms with E-state index in [-0.39, 0.29) is 11.1 Å². The maximum Gasteiger partial charge on any atom is 0.339 e. The van der Waals surface area contributed by atoms with E-state index in [1.165, 1.54) is 6.07 Å². The fraction of sp³-hybridized carbons (Fsp3) is 0.250. The second-order valence-electron chi connectivity index (χ2n) is 4.50. The highest BCUT2D eigenvalue weighted by Crippen LogP contribution is 2.23. The zero-order chi connectivity index (χ0) is 14.5. The second-order valence-corrected chi connectivity index (χ2v) is 4.50. The van der Waals surface area contributed by atoms with E-state index in [1.54, 1.807) is 18.2 Å². The van der Waals surface area contributed by atoms with Gasteiger partial charge in [-0.2, -0.15) is 0 Å². The summed E-state index contributed by atoms with van der Waals surface area (Å²) in [5, 5.41) is 10.7. The molecule has 0 aliphatic rings. The van der Waals surface area contributed by atoms with Crippen LogP contribution in [0.15, 0.2) is 36.4 Å². The average molecular weight is 272 g/mol. The number of carboxylic acids is 1. The van der Waals surface area contributed by atoms with Crippen LogP contribution in [-0.4, -0.2) is 23.7 Å². The van der Waals surface area contributed by atoms with Crippen LogP contribution in [0.3, 0.4) is 0 Å². The maximum atomic E-state index is 12.0. The number of carbonyl (C=O) groups excluding carboxylic acids is 1. The highest BCUT2D eigenvalue weighted by atomic mass is 16.5. The van der Waals surface area contributed by atoms with E-state index in [9.17, 15) is 14.7 Å². The SMILES string of the molecule is CCCCOC(=O)c1ccc2ccccc2c1C(=O)O. The van der Waals surface area contributed by atoms with Crippen molar-refractivity contribution in [2.45, 2.75) is 19.8 Å². The van der Waals surface area contributed by atoms with Gasteiger partial charge in [0.2, 0.25) is 0 Å². The quantitative estimate of drug-likeness (QED) is 0.668. The van der Waals surface area contributed by atoms with Crippen molar-refractivity contribution < 1.29 is 19.4 Å². The van der Waals surface area contributed by atoms with Crippen molar-refractivity contribution in [2.75, 3.05) is 6.61 Å². The van der Waals surface area contributed by atoms with Gasteiger partial charge >= 0.3 is 11.9 Å². The normalized spacial score (nSPS) is 10.4. The van der Waals surface area contributed by atoms with Gasteiger partial charge in [0.25, 0.3) is 0 Å². The molecule has 0 heterocycles. The molecule has 0 amide bonds. The van der Waals surface area contributed by atoms with E-state index in [0.29, 0.717) is 12.0 Å². The molecule has 0 bridgehead atoms. The van der Waals surface area contributed by atoms with E-state index in [0.717, 1.165) is 18.2 Å². The van der Waals surface area contributed by atoms with Gasteiger partial charge in [0.05, 0.1) is 17.7 Å². The Hall–Kier alpha value is -2.36. The van der Waals surface area contributed by atoms with Crippen LogP contribution in [-0.2, 0) is 4.74 Å². The smallest absolute Gasteiger partial charge is 0.339 e. The lowest BCUT2D eigenvalue weighted by Crippen LogP contribution is -2.13. The summed E-state index contributed by atoms with van der Waals surface area (Å²) in [7, 11) is 0. The first kappa shape index (κ1) is 14.1. The van der Waals surface area contributed by atoms with E-state index >= 15 is 0 Å². The topological polar surface area (TPSA) is 63.6 Å². The molecule has 0 spiro atoms. The van der Waals surface area contributed by atoms with Crippen LogP contribution in [0.25, 0.3) is 10.8 Å². The van der Waals surface area contributed by atoms with Crippen LogP contribution in [0.1, 0.15) is 40.5 Å². The summed E-state index contributed by atoms with van der Waals surface area (Å²) >= 11 is 0. The molecule has 0 aromatic heterocycles. The molecule has 4 heteroatoms. The van der Waals surface area contributed by atoms with Gasteiger partial charge in [0, 0.05) is 0 Å². The summed E-state index contributed by atoms with van der Waals surface area (Å²) in [6.45, 7) is 2.30. The lowest BCUT2D eigenvalue weighted by molar-refractivity contribution is 0.0490. The Morgan fingerprint density at radius 1 is 1.15 bits per heavy atom. The van der Waals surface area contributed by atoms with Crippen molar-refractivity contribution in [2.24, 2.45) is 0 Å². The van der Waals surface area contributed by atoms with Gasteiger partial charge in [0.1, 0.15) is 0 Å². The van der Waals surface area contributed by atoms with Crippen molar-refractivity contribution in [3.63, 3.8) is 0 Å². The van der Waals surface area contributed by atoms with Gasteiger partial charge in [-0.3, -0.25) is 0 Å². The van der Waals surface area contributed by atoms with Crippen LogP contribution in [0.2, 0.25) is 0 Å². The third-order valence-corrected chi connectivity index (χ3v) is 3.09. The van der Waals surface area contributed by atoms with Gasteiger partial charge in [-0.25, -0.2) is 9.59 Å². The molecule has 2 aromatic carbocycles. The summed E-state index contributed by atoms with van der Waals surface area (Å²) in [5.41, 5.74) is 0.108. The number of unbranched alkanes of at least 4 members (excludes halogenated alkanes) is 1. The fourth-order valence-electron chi connectivity index (χ4n) is 2.06. The minimum atomic E-state index is -1.12. The Labute approximate surface area is 117 Å². The highest BCUT2D eigenvalue weighted by Gasteiger charge is 2.20. The molecule has 0 saturated heterocycles. The number of esters is 1. The van der Waals surface area contributed by atoms with Gasteiger partial charge in [0.15, 0.2) is 0 Å². The molecular formula is C16H16O4. The molecule has 104 valence electrons. The zero-order valence-corrected chi connectivity index (χ0v) is 11.3. The molecule has 0 saturated carbocycles. The zero-order valence-electron chi connectivity index (χ0n) is 11.3. The molecule has 0 fully saturated rings. The first-order valence-corrected chi connectivity index (χ1v) is 6.57. The summed E-state index contributed by atoms with van der Waals surface area (Å²) < 4.78 is 5.11. The molecule has 2 rings (SSSR count). The van der Waals surface area contributed by atoms with Crippen molar-refractivity contribution in [3.05, 3.63) is 47.5 Å². The number of fused-ring (bicyclic) bond motifs is 1. The first-order chi connectivity index (χ1) is 9.65. The predicted molar refractivity (Wildman–Crippen MR) is 76.1 cm³/mol. The summed E-state index contributed by atoms with van der Waals surface area (Å²) in [5.74, 6) is -1.70. The summed E-state index contributed by atoms with van der Waals surface area (Å²) in [6, 6.07) is 10.3. The number of carboxylic acid groups (broad SMARTS) is 1. The molecule has 4 nitrogen and oxygen atoms in total. The number of ether oxygens (including phenoxy) is 1. The molecular weight excluding hydrogens is 256 g/mol. The van der Waals surface area contributed by atoms with Gasteiger partial charge < -0.3 is 9.84 Å². The molecule has 0 aliphatic heterocycles. The highest BCUT2D eigenvalue weighted by molar-refractivity contribution is 6.12. The molecule has 20 heavy (non-hydrogen) atoms. The summed E-state index contributed by atoms with van der Waals surface area (Å²) in [6.07, 6.45) is 1.68. The van der Waals surface area contributed by atoms with E-state index in [2.05, 4.69) is 0 Å². The molecule has 2 aromatic rings. The lowest BCUT2D eigenvalue weighted by atomic mass is 9.99. The Balaban J connectivity index is 2.45. The predicted octanol–water partition coefficient (Wildman–Crippen LogP) is 3.49. The minimum Gasteiger partial charge on any atom is -0.478 e. The average Bonchev–Trinajstić information content (AvgIpc) is 2.45. The lowest BCUT2D eigenvalue weighted by Gasteiger charge is -2.09. The number of hydrogen-bond donors (Lipinski definition) is 1. The third-order valence-electron chi connectivity index (χ3n) is 3.09. The third kappa shape index (κ3) is 2.79. The molecule has 0 radical (unpaired) electrons. The van der Waals surface area contributed by atoms with Crippen LogP contribution in [0.4, 0.5) is 0 Å². The van der Waals surface area contributed by atoms with E-state index < -0.39 is 11.9 Å². The Kier molecular flexibility index (Phi) is 4.35. The first-order valence-electron chi connectivity index (χ1n) is 6.57. The van der Waals surface area contributed by atoms with E-state index in [4.69, 9.17) is 4.74 Å². The van der Waals surface area contributed by atoms with Crippen molar-refractivity contribution >= 4 is 22.7 Å². The van der Waals surface area contributed by atoms with Crippen LogP contribution < -0.4 is 0 Å².